The van der Waals surface area contributed by atoms with Crippen molar-refractivity contribution < 1.29 is 38.2 Å². The number of likely N-dealkylation sites (tertiary alicyclic amines) is 1. The number of amides is 5. The molecule has 15 heteroatoms. The summed E-state index contributed by atoms with van der Waals surface area (Å²) in [5.74, 6) is -1.29. The molecule has 2 aromatic rings. The molecule has 3 fully saturated rings. The molecule has 2 aliphatic heterocycles. The topological polar surface area (TPSA) is 165 Å². The molecule has 1 aromatic heterocycles. The molecule has 2 atom stereocenters. The van der Waals surface area contributed by atoms with Crippen molar-refractivity contribution >= 4 is 29.7 Å². The van der Waals surface area contributed by atoms with E-state index >= 15 is 0 Å². The fraction of sp³-hybridized carbons (Fsp3) is 0.588. The van der Waals surface area contributed by atoms with E-state index in [0.717, 1.165) is 38.5 Å². The highest BCUT2D eigenvalue weighted by atomic mass is 16.6. The van der Waals surface area contributed by atoms with E-state index in [9.17, 15) is 24.0 Å². The second kappa shape index (κ2) is 17.1. The van der Waals surface area contributed by atoms with E-state index in [2.05, 4.69) is 15.7 Å². The van der Waals surface area contributed by atoms with E-state index < -0.39 is 24.1 Å². The van der Waals surface area contributed by atoms with E-state index in [1.54, 1.807) is 39.0 Å². The van der Waals surface area contributed by atoms with Gasteiger partial charge in [0.25, 0.3) is 11.8 Å². The summed E-state index contributed by atoms with van der Waals surface area (Å²) in [5.41, 5.74) is 0.567. The van der Waals surface area contributed by atoms with Crippen LogP contribution in [0.1, 0.15) is 62.4 Å². The Morgan fingerprint density at radius 1 is 0.959 bits per heavy atom. The van der Waals surface area contributed by atoms with Crippen molar-refractivity contribution in [3.63, 3.8) is 0 Å². The third-order valence-electron chi connectivity index (χ3n) is 9.09. The second-order valence-corrected chi connectivity index (χ2v) is 12.5. The molecule has 2 saturated heterocycles. The molecule has 5 rings (SSSR count). The largest absolute Gasteiger partial charge is 0.467 e. The van der Waals surface area contributed by atoms with Gasteiger partial charge in [-0.1, -0.05) is 31.5 Å². The first-order valence-electron chi connectivity index (χ1n) is 17.2. The van der Waals surface area contributed by atoms with Gasteiger partial charge in [0.15, 0.2) is 12.3 Å². The van der Waals surface area contributed by atoms with E-state index in [0.29, 0.717) is 38.3 Å². The Morgan fingerprint density at radius 3 is 2.37 bits per heavy atom. The number of hydrogen-bond donors (Lipinski definition) is 2. The number of benzene rings is 1. The van der Waals surface area contributed by atoms with Crippen LogP contribution in [0.15, 0.2) is 36.4 Å². The van der Waals surface area contributed by atoms with E-state index in [1.165, 1.54) is 17.9 Å². The van der Waals surface area contributed by atoms with Crippen molar-refractivity contribution in [2.24, 2.45) is 0 Å². The number of para-hydroxylation sites is 1. The molecule has 0 unspecified atom stereocenters. The average Bonchev–Trinajstić information content (AvgIpc) is 3.77. The molecule has 1 aliphatic carbocycles. The van der Waals surface area contributed by atoms with E-state index in [1.807, 2.05) is 13.0 Å². The minimum Gasteiger partial charge on any atom is -0.467 e. The molecule has 1 aromatic carbocycles. The van der Waals surface area contributed by atoms with Gasteiger partial charge in [0.2, 0.25) is 17.7 Å². The summed E-state index contributed by atoms with van der Waals surface area (Å²) in [5, 5.41) is 10.2. The van der Waals surface area contributed by atoms with E-state index in [4.69, 9.17) is 14.2 Å². The third-order valence-corrected chi connectivity index (χ3v) is 9.09. The van der Waals surface area contributed by atoms with Gasteiger partial charge >= 0.3 is 6.09 Å². The van der Waals surface area contributed by atoms with Crippen molar-refractivity contribution in [2.75, 3.05) is 59.7 Å². The van der Waals surface area contributed by atoms with Crippen molar-refractivity contribution in [1.29, 1.82) is 0 Å². The zero-order valence-electron chi connectivity index (χ0n) is 28.3. The van der Waals surface area contributed by atoms with Crippen LogP contribution in [0.2, 0.25) is 0 Å². The van der Waals surface area contributed by atoms with Gasteiger partial charge in [-0.15, -0.1) is 0 Å². The van der Waals surface area contributed by atoms with Crippen LogP contribution in [0.25, 0.3) is 5.69 Å². The smallest absolute Gasteiger partial charge is 0.409 e. The maximum atomic E-state index is 13.5. The fourth-order valence-electron chi connectivity index (χ4n) is 6.04. The SMILES string of the molecule is CCCCOC(=O)N1CCN(C(=O)[C@H](COC)NC(=O)c2cc(OCC(=O)N3CCC[C@H]3C(=O)NC3CCC3)n(-c3ccccc3)n2)CC1. The van der Waals surface area contributed by atoms with Gasteiger partial charge in [0.05, 0.1) is 18.9 Å². The van der Waals surface area contributed by atoms with Crippen LogP contribution in [0.4, 0.5) is 4.79 Å². The number of hydrogen-bond acceptors (Lipinski definition) is 9. The summed E-state index contributed by atoms with van der Waals surface area (Å²) in [6.07, 6.45) is 5.65. The Balaban J connectivity index is 1.22. The van der Waals surface area contributed by atoms with Gasteiger partial charge in [0.1, 0.15) is 12.1 Å². The van der Waals surface area contributed by atoms with Crippen LogP contribution in [-0.4, -0.2) is 132 Å². The number of carbonyl (C=O) groups is 5. The molecule has 2 N–H and O–H groups in total. The zero-order valence-corrected chi connectivity index (χ0v) is 28.3. The molecular weight excluding hydrogens is 634 g/mol. The fourth-order valence-corrected chi connectivity index (χ4v) is 6.04. The Kier molecular flexibility index (Phi) is 12.5. The Hall–Kier alpha value is -4.66. The molecule has 49 heavy (non-hydrogen) atoms. The first-order chi connectivity index (χ1) is 23.8. The number of nitrogens with zero attached hydrogens (tertiary/aromatic N) is 5. The van der Waals surface area contributed by atoms with Gasteiger partial charge in [-0.2, -0.15) is 5.10 Å². The number of piperazine rings is 1. The number of ether oxygens (including phenoxy) is 3. The third kappa shape index (κ3) is 9.08. The van der Waals surface area contributed by atoms with Gasteiger partial charge in [-0.05, 0) is 50.7 Å². The number of unbranched alkanes of at least 4 members (excludes halogenated alkanes) is 1. The van der Waals surface area contributed by atoms with Gasteiger partial charge < -0.3 is 39.5 Å². The van der Waals surface area contributed by atoms with Crippen LogP contribution in [0, 0.1) is 0 Å². The predicted molar refractivity (Wildman–Crippen MR) is 177 cm³/mol. The molecule has 266 valence electrons. The molecular formula is C34H47N7O8. The van der Waals surface area contributed by atoms with Crippen LogP contribution in [0.3, 0.4) is 0 Å². The molecule has 1 saturated carbocycles. The van der Waals surface area contributed by atoms with Crippen LogP contribution in [0.5, 0.6) is 5.88 Å². The molecule has 0 spiro atoms. The highest BCUT2D eigenvalue weighted by molar-refractivity contribution is 5.96. The van der Waals surface area contributed by atoms with Crippen molar-refractivity contribution in [1.82, 2.24) is 35.1 Å². The Labute approximate surface area is 286 Å². The summed E-state index contributed by atoms with van der Waals surface area (Å²) < 4.78 is 17.9. The first-order valence-corrected chi connectivity index (χ1v) is 17.2. The summed E-state index contributed by atoms with van der Waals surface area (Å²) in [4.78, 5) is 70.2. The highest BCUT2D eigenvalue weighted by Crippen LogP contribution is 2.23. The molecule has 0 bridgehead atoms. The van der Waals surface area contributed by atoms with Gasteiger partial charge in [-0.25, -0.2) is 9.48 Å². The highest BCUT2D eigenvalue weighted by Gasteiger charge is 2.36. The molecule has 0 radical (unpaired) electrons. The number of carbonyl (C=O) groups excluding carboxylic acids is 5. The minimum absolute atomic E-state index is 0.0289. The van der Waals surface area contributed by atoms with Crippen LogP contribution >= 0.6 is 0 Å². The lowest BCUT2D eigenvalue weighted by Gasteiger charge is -2.35. The Morgan fingerprint density at radius 2 is 1.69 bits per heavy atom. The molecule has 5 amide bonds. The summed E-state index contributed by atoms with van der Waals surface area (Å²) in [6.45, 7) is 3.60. The lowest BCUT2D eigenvalue weighted by molar-refractivity contribution is -0.140. The summed E-state index contributed by atoms with van der Waals surface area (Å²) >= 11 is 0. The zero-order chi connectivity index (χ0) is 34.8. The number of rotatable bonds is 14. The minimum atomic E-state index is -1.01. The standard InChI is InChI=1S/C34H47N7O8/c1-3-4-20-48-34(46)39-18-16-38(17-19-39)33(45)27(22-47-2)36-31(43)26-21-30(41(37-26)25-12-6-5-7-13-25)49-23-29(42)40-15-9-14-28(40)32(44)35-24-10-8-11-24/h5-7,12-13,21,24,27-28H,3-4,8-11,14-20,22-23H2,1-2H3,(H,35,44)(H,36,43)/t27-,28-/m0/s1. The molecule has 15 nitrogen and oxygen atoms in total. The maximum absolute atomic E-state index is 13.5. The maximum Gasteiger partial charge on any atom is 0.409 e. The van der Waals surface area contributed by atoms with Crippen molar-refractivity contribution in [2.45, 2.75) is 70.0 Å². The lowest BCUT2D eigenvalue weighted by atomic mass is 9.93. The molecule has 3 aliphatic rings. The van der Waals surface area contributed by atoms with E-state index in [-0.39, 0.29) is 61.6 Å². The van der Waals surface area contributed by atoms with Gasteiger partial charge in [0, 0.05) is 51.9 Å². The summed E-state index contributed by atoms with van der Waals surface area (Å²) in [6, 6.07) is 9.06. The Bertz CT molecular complexity index is 1460. The van der Waals surface area contributed by atoms with Crippen LogP contribution < -0.4 is 15.4 Å². The normalized spacial score (nSPS) is 18.4. The lowest BCUT2D eigenvalue weighted by Crippen LogP contribution is -2.57. The monoisotopic (exact) mass is 681 g/mol. The van der Waals surface area contributed by atoms with Crippen LogP contribution in [-0.2, 0) is 23.9 Å². The van der Waals surface area contributed by atoms with Crippen molar-refractivity contribution in [3.8, 4) is 11.6 Å². The molecule has 3 heterocycles. The number of methoxy groups -OCH3 is 1. The second-order valence-electron chi connectivity index (χ2n) is 12.5. The van der Waals surface area contributed by atoms with Crippen molar-refractivity contribution in [3.05, 3.63) is 42.1 Å². The predicted octanol–water partition coefficient (Wildman–Crippen LogP) is 1.74. The van der Waals surface area contributed by atoms with Gasteiger partial charge in [-0.3, -0.25) is 19.2 Å². The number of nitrogens with one attached hydrogen (secondary N) is 2. The summed E-state index contributed by atoms with van der Waals surface area (Å²) in [7, 11) is 1.44. The first kappa shape index (κ1) is 35.6. The number of aromatic nitrogens is 2. The quantitative estimate of drug-likeness (QED) is 0.283. The average molecular weight is 682 g/mol.